The van der Waals surface area contributed by atoms with Crippen molar-refractivity contribution >= 4 is 35.5 Å². The maximum atomic E-state index is 11.2. The predicted octanol–water partition coefficient (Wildman–Crippen LogP) is 4.79. The molecule has 1 aromatic carbocycles. The Morgan fingerprint density at radius 2 is 1.60 bits per heavy atom. The van der Waals surface area contributed by atoms with Gasteiger partial charge in [0, 0.05) is 12.2 Å². The van der Waals surface area contributed by atoms with Crippen LogP contribution in [0.4, 0.5) is 0 Å². The zero-order valence-corrected chi connectivity index (χ0v) is 15.2. The molecule has 0 aliphatic heterocycles. The summed E-state index contributed by atoms with van der Waals surface area (Å²) in [5.41, 5.74) is 1.18. The van der Waals surface area contributed by atoms with Gasteiger partial charge in [0.25, 0.3) is 0 Å². The van der Waals surface area contributed by atoms with E-state index in [1.54, 1.807) is 18.2 Å². The van der Waals surface area contributed by atoms with E-state index in [0.29, 0.717) is 19.0 Å². The summed E-state index contributed by atoms with van der Waals surface area (Å²) in [5, 5.41) is 9.15. The fraction of sp³-hybridized carbons (Fsp3) is 0.650. The number of aromatic carboxylic acids is 1. The van der Waals surface area contributed by atoms with Crippen LogP contribution in [-0.4, -0.2) is 53.8 Å². The van der Waals surface area contributed by atoms with Crippen LogP contribution in [0.5, 0.6) is 5.75 Å². The standard InChI is InChI=1S/C20H32O4.Na.H/c1-3-5-7-9-13-23-16-18-12-11-17(20(21)22)15-19(18)24-14-10-8-6-4-2;;/h11-12,15H,3-10,13-14,16H2,1-2H3,(H,21,22);;. The third-order valence-corrected chi connectivity index (χ3v) is 3.97. The van der Waals surface area contributed by atoms with E-state index < -0.39 is 5.97 Å². The molecule has 0 spiro atoms. The Kier molecular flexibility index (Phi) is 15.3. The Bertz CT molecular complexity index is 477. The minimum atomic E-state index is -0.933. The summed E-state index contributed by atoms with van der Waals surface area (Å²) in [7, 11) is 0. The first-order valence-corrected chi connectivity index (χ1v) is 9.25. The summed E-state index contributed by atoms with van der Waals surface area (Å²) in [6, 6.07) is 5.02. The van der Waals surface area contributed by atoms with Gasteiger partial charge in [-0.15, -0.1) is 0 Å². The number of ether oxygens (including phenoxy) is 2. The van der Waals surface area contributed by atoms with Gasteiger partial charge in [0.1, 0.15) is 5.75 Å². The van der Waals surface area contributed by atoms with Gasteiger partial charge in [-0.1, -0.05) is 58.4 Å². The predicted molar refractivity (Wildman–Crippen MR) is 104 cm³/mol. The van der Waals surface area contributed by atoms with Crippen molar-refractivity contribution in [2.45, 2.75) is 71.8 Å². The van der Waals surface area contributed by atoms with Gasteiger partial charge >= 0.3 is 35.5 Å². The van der Waals surface area contributed by atoms with E-state index in [9.17, 15) is 4.79 Å². The van der Waals surface area contributed by atoms with Gasteiger partial charge in [-0.2, -0.15) is 0 Å². The molecule has 0 heterocycles. The van der Waals surface area contributed by atoms with Gasteiger partial charge < -0.3 is 14.6 Å². The maximum absolute atomic E-state index is 11.2. The van der Waals surface area contributed by atoms with Crippen molar-refractivity contribution in [1.82, 2.24) is 0 Å². The summed E-state index contributed by atoms with van der Waals surface area (Å²) in [4.78, 5) is 11.2. The Hall–Kier alpha value is -0.550. The van der Waals surface area contributed by atoms with E-state index in [0.717, 1.165) is 31.4 Å². The van der Waals surface area contributed by atoms with Gasteiger partial charge in [-0.05, 0) is 25.0 Å². The van der Waals surface area contributed by atoms with Crippen LogP contribution in [0.3, 0.4) is 0 Å². The molecule has 0 amide bonds. The SMILES string of the molecule is CCCCCCOCc1ccc(C(=O)O)cc1OCCCCCC.[NaH]. The second-order valence-electron chi connectivity index (χ2n) is 6.15. The molecule has 25 heavy (non-hydrogen) atoms. The van der Waals surface area contributed by atoms with Gasteiger partial charge in [0.15, 0.2) is 0 Å². The van der Waals surface area contributed by atoms with E-state index in [1.807, 2.05) is 0 Å². The summed E-state index contributed by atoms with van der Waals surface area (Å²) in [5.74, 6) is -0.294. The molecule has 1 N–H and O–H groups in total. The van der Waals surface area contributed by atoms with Crippen LogP contribution in [0.1, 0.15) is 81.1 Å². The van der Waals surface area contributed by atoms with Crippen LogP contribution < -0.4 is 4.74 Å². The molecule has 1 aromatic rings. The number of benzene rings is 1. The number of hydrogen-bond donors (Lipinski definition) is 1. The van der Waals surface area contributed by atoms with Gasteiger partial charge in [-0.25, -0.2) is 4.79 Å². The van der Waals surface area contributed by atoms with E-state index >= 15 is 0 Å². The number of rotatable bonds is 14. The zero-order chi connectivity index (χ0) is 17.6. The summed E-state index contributed by atoms with van der Waals surface area (Å²) < 4.78 is 11.6. The molecule has 0 unspecified atom stereocenters. The number of carbonyl (C=O) groups is 1. The molecule has 0 aliphatic rings. The molecule has 0 atom stereocenters. The van der Waals surface area contributed by atoms with Crippen LogP contribution in [0.15, 0.2) is 18.2 Å². The Morgan fingerprint density at radius 1 is 0.960 bits per heavy atom. The second kappa shape index (κ2) is 15.7. The monoisotopic (exact) mass is 360 g/mol. The van der Waals surface area contributed by atoms with Crippen LogP contribution in [0.25, 0.3) is 0 Å². The average Bonchev–Trinajstić information content (AvgIpc) is 2.58. The van der Waals surface area contributed by atoms with Crippen molar-refractivity contribution in [2.24, 2.45) is 0 Å². The van der Waals surface area contributed by atoms with E-state index in [-0.39, 0.29) is 35.1 Å². The molecule has 0 aromatic heterocycles. The van der Waals surface area contributed by atoms with Gasteiger partial charge in [0.05, 0.1) is 18.8 Å². The molecule has 0 saturated carbocycles. The fourth-order valence-corrected chi connectivity index (χ4v) is 2.47. The van der Waals surface area contributed by atoms with Crippen LogP contribution >= 0.6 is 0 Å². The third kappa shape index (κ3) is 10.9. The molecular weight excluding hydrogens is 327 g/mol. The Morgan fingerprint density at radius 3 is 2.20 bits per heavy atom. The normalized spacial score (nSPS) is 10.3. The fourth-order valence-electron chi connectivity index (χ4n) is 2.47. The van der Waals surface area contributed by atoms with E-state index in [4.69, 9.17) is 14.6 Å². The Balaban J connectivity index is 0.00000576. The van der Waals surface area contributed by atoms with E-state index in [2.05, 4.69) is 13.8 Å². The molecular formula is C20H33NaO4. The number of hydrogen-bond acceptors (Lipinski definition) is 3. The third-order valence-electron chi connectivity index (χ3n) is 3.97. The molecule has 0 aliphatic carbocycles. The number of unbranched alkanes of at least 4 members (excludes halogenated alkanes) is 6. The topological polar surface area (TPSA) is 55.8 Å². The first kappa shape index (κ1) is 24.5. The quantitative estimate of drug-likeness (QED) is 0.383. The number of carboxylic acids is 1. The second-order valence-corrected chi connectivity index (χ2v) is 6.15. The minimum absolute atomic E-state index is 0. The van der Waals surface area contributed by atoms with Crippen LogP contribution in [0, 0.1) is 0 Å². The molecule has 0 bridgehead atoms. The summed E-state index contributed by atoms with van der Waals surface area (Å²) in [6.07, 6.45) is 9.22. The average molecular weight is 360 g/mol. The van der Waals surface area contributed by atoms with Crippen molar-refractivity contribution < 1.29 is 19.4 Å². The van der Waals surface area contributed by atoms with Crippen LogP contribution in [0.2, 0.25) is 0 Å². The van der Waals surface area contributed by atoms with Crippen molar-refractivity contribution in [1.29, 1.82) is 0 Å². The van der Waals surface area contributed by atoms with Crippen molar-refractivity contribution in [2.75, 3.05) is 13.2 Å². The van der Waals surface area contributed by atoms with Crippen molar-refractivity contribution in [3.8, 4) is 5.75 Å². The van der Waals surface area contributed by atoms with Crippen molar-refractivity contribution in [3.05, 3.63) is 29.3 Å². The summed E-state index contributed by atoms with van der Waals surface area (Å²) in [6.45, 7) is 6.18. The molecule has 4 nitrogen and oxygen atoms in total. The molecule has 5 heteroatoms. The number of carboxylic acid groups (broad SMARTS) is 1. The van der Waals surface area contributed by atoms with Gasteiger partial charge in [-0.3, -0.25) is 0 Å². The summed E-state index contributed by atoms with van der Waals surface area (Å²) >= 11 is 0. The molecule has 0 radical (unpaired) electrons. The Labute approximate surface area is 174 Å². The van der Waals surface area contributed by atoms with Gasteiger partial charge in [0.2, 0.25) is 0 Å². The molecule has 0 fully saturated rings. The van der Waals surface area contributed by atoms with Crippen LogP contribution in [-0.2, 0) is 11.3 Å². The molecule has 1 rings (SSSR count). The molecule has 138 valence electrons. The van der Waals surface area contributed by atoms with E-state index in [1.165, 1.54) is 32.1 Å². The zero-order valence-electron chi connectivity index (χ0n) is 15.2. The first-order chi connectivity index (χ1) is 11.7. The molecule has 0 saturated heterocycles. The van der Waals surface area contributed by atoms with Crippen molar-refractivity contribution in [3.63, 3.8) is 0 Å². The first-order valence-electron chi connectivity index (χ1n) is 9.25.